The van der Waals surface area contributed by atoms with Crippen LogP contribution < -0.4 is 5.73 Å². The lowest BCUT2D eigenvalue weighted by Crippen LogP contribution is -2.44. The highest BCUT2D eigenvalue weighted by Gasteiger charge is 2.36. The first-order chi connectivity index (χ1) is 8.51. The lowest BCUT2D eigenvalue weighted by atomic mass is 9.71. The monoisotopic (exact) mass is 253 g/mol. The molecule has 18 heavy (non-hydrogen) atoms. The summed E-state index contributed by atoms with van der Waals surface area (Å²) < 4.78 is 0. The summed E-state index contributed by atoms with van der Waals surface area (Å²) in [5.74, 6) is 0.814. The van der Waals surface area contributed by atoms with Crippen LogP contribution in [0.25, 0.3) is 0 Å². The average Bonchev–Trinajstić information content (AvgIpc) is 2.32. The van der Waals surface area contributed by atoms with Gasteiger partial charge in [-0.2, -0.15) is 0 Å². The Balaban J connectivity index is 2.58. The summed E-state index contributed by atoms with van der Waals surface area (Å²) in [4.78, 5) is 0. The van der Waals surface area contributed by atoms with E-state index in [1.54, 1.807) is 0 Å². The van der Waals surface area contributed by atoms with Crippen molar-refractivity contribution < 1.29 is 5.11 Å². The molecule has 0 aromatic rings. The van der Waals surface area contributed by atoms with Crippen LogP contribution in [0.15, 0.2) is 11.6 Å². The second kappa shape index (κ2) is 7.30. The van der Waals surface area contributed by atoms with Crippen molar-refractivity contribution in [1.82, 2.24) is 0 Å². The average molecular weight is 253 g/mol. The zero-order valence-corrected chi connectivity index (χ0v) is 12.4. The van der Waals surface area contributed by atoms with Crippen molar-refractivity contribution in [2.45, 2.75) is 71.3 Å². The molecule has 1 rings (SSSR count). The third-order valence-corrected chi connectivity index (χ3v) is 4.59. The van der Waals surface area contributed by atoms with Crippen molar-refractivity contribution >= 4 is 0 Å². The number of hydrogen-bond donors (Lipinski definition) is 2. The third-order valence-electron chi connectivity index (χ3n) is 4.59. The maximum absolute atomic E-state index is 10.7. The third kappa shape index (κ3) is 4.40. The van der Waals surface area contributed by atoms with Gasteiger partial charge in [-0.05, 0) is 52.0 Å². The number of allylic oxidation sites excluding steroid dienone is 2. The van der Waals surface area contributed by atoms with E-state index >= 15 is 0 Å². The minimum atomic E-state index is -0.590. The Kier molecular flexibility index (Phi) is 6.37. The molecule has 2 nitrogen and oxygen atoms in total. The van der Waals surface area contributed by atoms with Gasteiger partial charge in [-0.1, -0.05) is 37.8 Å². The summed E-state index contributed by atoms with van der Waals surface area (Å²) in [6, 6.07) is 0. The van der Waals surface area contributed by atoms with Crippen molar-refractivity contribution in [2.75, 3.05) is 6.54 Å². The molecule has 0 aliphatic heterocycles. The molecule has 0 fully saturated rings. The maximum Gasteiger partial charge on any atom is 0.0662 e. The van der Waals surface area contributed by atoms with E-state index in [1.807, 2.05) is 6.92 Å². The molecule has 1 aliphatic carbocycles. The maximum atomic E-state index is 10.7. The Bertz CT molecular complexity index is 270. The SMILES string of the molecule is CCCCCC(C)(O)C(CN)C1CC=C(C)CC1. The van der Waals surface area contributed by atoms with Gasteiger partial charge in [-0.25, -0.2) is 0 Å². The van der Waals surface area contributed by atoms with Crippen molar-refractivity contribution in [2.24, 2.45) is 17.6 Å². The van der Waals surface area contributed by atoms with Gasteiger partial charge in [0.05, 0.1) is 5.60 Å². The van der Waals surface area contributed by atoms with Crippen LogP contribution in [-0.2, 0) is 0 Å². The van der Waals surface area contributed by atoms with E-state index in [9.17, 15) is 5.11 Å². The van der Waals surface area contributed by atoms with Crippen LogP contribution >= 0.6 is 0 Å². The van der Waals surface area contributed by atoms with E-state index in [0.717, 1.165) is 19.3 Å². The number of nitrogens with two attached hydrogens (primary N) is 1. The number of rotatable bonds is 7. The van der Waals surface area contributed by atoms with Gasteiger partial charge in [-0.3, -0.25) is 0 Å². The first kappa shape index (κ1) is 15.7. The summed E-state index contributed by atoms with van der Waals surface area (Å²) >= 11 is 0. The van der Waals surface area contributed by atoms with Crippen molar-refractivity contribution in [3.63, 3.8) is 0 Å². The second-order valence-electron chi connectivity index (χ2n) is 6.24. The lowest BCUT2D eigenvalue weighted by Gasteiger charge is -2.39. The van der Waals surface area contributed by atoms with Crippen LogP contribution in [0.2, 0.25) is 0 Å². The van der Waals surface area contributed by atoms with Gasteiger partial charge in [0.2, 0.25) is 0 Å². The van der Waals surface area contributed by atoms with Gasteiger partial charge < -0.3 is 10.8 Å². The zero-order valence-electron chi connectivity index (χ0n) is 12.4. The van der Waals surface area contributed by atoms with E-state index < -0.39 is 5.60 Å². The normalized spacial score (nSPS) is 25.4. The van der Waals surface area contributed by atoms with Gasteiger partial charge >= 0.3 is 0 Å². The summed E-state index contributed by atoms with van der Waals surface area (Å²) in [6.45, 7) is 7.00. The van der Waals surface area contributed by atoms with E-state index in [4.69, 9.17) is 5.73 Å². The molecule has 0 aromatic heterocycles. The summed E-state index contributed by atoms with van der Waals surface area (Å²) in [7, 11) is 0. The predicted octanol–water partition coefficient (Wildman–Crippen LogP) is 3.64. The molecule has 0 radical (unpaired) electrons. The molecule has 2 heteroatoms. The minimum absolute atomic E-state index is 0.249. The van der Waals surface area contributed by atoms with Crippen molar-refractivity contribution in [1.29, 1.82) is 0 Å². The van der Waals surface area contributed by atoms with E-state index in [-0.39, 0.29) is 5.92 Å². The standard InChI is InChI=1S/C16H31NO/c1-4-5-6-11-16(3,18)15(12-17)14-9-7-13(2)8-10-14/h7,14-15,18H,4-6,8-12,17H2,1-3H3. The highest BCUT2D eigenvalue weighted by Crippen LogP contribution is 2.36. The van der Waals surface area contributed by atoms with Crippen LogP contribution in [0.4, 0.5) is 0 Å². The van der Waals surface area contributed by atoms with Crippen LogP contribution in [0.5, 0.6) is 0 Å². The van der Waals surface area contributed by atoms with Crippen LogP contribution in [0.1, 0.15) is 65.7 Å². The van der Waals surface area contributed by atoms with Crippen LogP contribution in [-0.4, -0.2) is 17.3 Å². The highest BCUT2D eigenvalue weighted by molar-refractivity contribution is 5.05. The van der Waals surface area contributed by atoms with Gasteiger partial charge in [0, 0.05) is 5.92 Å². The van der Waals surface area contributed by atoms with Gasteiger partial charge in [0.25, 0.3) is 0 Å². The number of hydrogen-bond acceptors (Lipinski definition) is 2. The topological polar surface area (TPSA) is 46.2 Å². The quantitative estimate of drug-likeness (QED) is 0.537. The van der Waals surface area contributed by atoms with E-state index in [2.05, 4.69) is 19.9 Å². The Morgan fingerprint density at radius 3 is 2.72 bits per heavy atom. The molecular weight excluding hydrogens is 222 g/mol. The summed E-state index contributed by atoms with van der Waals surface area (Å²) in [6.07, 6.45) is 10.2. The smallest absolute Gasteiger partial charge is 0.0662 e. The van der Waals surface area contributed by atoms with E-state index in [1.165, 1.54) is 31.3 Å². The van der Waals surface area contributed by atoms with E-state index in [0.29, 0.717) is 12.5 Å². The highest BCUT2D eigenvalue weighted by atomic mass is 16.3. The Hall–Kier alpha value is -0.340. The molecule has 0 amide bonds. The van der Waals surface area contributed by atoms with Gasteiger partial charge in [0.15, 0.2) is 0 Å². The van der Waals surface area contributed by atoms with Crippen molar-refractivity contribution in [3.8, 4) is 0 Å². The predicted molar refractivity (Wildman–Crippen MR) is 78.4 cm³/mol. The Morgan fingerprint density at radius 1 is 1.50 bits per heavy atom. The van der Waals surface area contributed by atoms with Crippen molar-refractivity contribution in [3.05, 3.63) is 11.6 Å². The molecular formula is C16H31NO. The molecule has 0 bridgehead atoms. The fourth-order valence-electron chi connectivity index (χ4n) is 3.22. The zero-order chi connectivity index (χ0) is 13.6. The first-order valence-electron chi connectivity index (χ1n) is 7.59. The van der Waals surface area contributed by atoms with Crippen LogP contribution in [0.3, 0.4) is 0 Å². The minimum Gasteiger partial charge on any atom is -0.390 e. The molecule has 3 atom stereocenters. The molecule has 0 heterocycles. The summed E-state index contributed by atoms with van der Waals surface area (Å²) in [5, 5.41) is 10.7. The number of unbranched alkanes of at least 4 members (excludes halogenated alkanes) is 2. The first-order valence-corrected chi connectivity index (χ1v) is 7.59. The largest absolute Gasteiger partial charge is 0.390 e. The van der Waals surface area contributed by atoms with Gasteiger partial charge in [-0.15, -0.1) is 0 Å². The lowest BCUT2D eigenvalue weighted by molar-refractivity contribution is -0.0336. The molecule has 1 aliphatic rings. The summed E-state index contributed by atoms with van der Waals surface area (Å²) in [5.41, 5.74) is 6.85. The molecule has 106 valence electrons. The van der Waals surface area contributed by atoms with Gasteiger partial charge in [0.1, 0.15) is 0 Å². The molecule has 0 saturated heterocycles. The second-order valence-corrected chi connectivity index (χ2v) is 6.24. The molecule has 0 saturated carbocycles. The number of aliphatic hydroxyl groups is 1. The van der Waals surface area contributed by atoms with Crippen LogP contribution in [0, 0.1) is 11.8 Å². The molecule has 3 unspecified atom stereocenters. The molecule has 0 aromatic carbocycles. The Morgan fingerprint density at radius 2 is 2.22 bits per heavy atom. The fraction of sp³-hybridized carbons (Fsp3) is 0.875. The fourth-order valence-corrected chi connectivity index (χ4v) is 3.22. The molecule has 0 spiro atoms. The molecule has 3 N–H and O–H groups in total. The Labute approximate surface area is 113 Å².